The summed E-state index contributed by atoms with van der Waals surface area (Å²) >= 11 is 0. The van der Waals surface area contributed by atoms with Crippen LogP contribution in [0.2, 0.25) is 0 Å². The lowest BCUT2D eigenvalue weighted by Crippen LogP contribution is -2.35. The zero-order chi connectivity index (χ0) is 21.2. The lowest BCUT2D eigenvalue weighted by molar-refractivity contribution is -0.138. The molecule has 0 aliphatic carbocycles. The topological polar surface area (TPSA) is 37.4 Å². The van der Waals surface area contributed by atoms with Gasteiger partial charge in [0.05, 0.1) is 0 Å². The van der Waals surface area contributed by atoms with Gasteiger partial charge in [0.25, 0.3) is 0 Å². The smallest absolute Gasteiger partial charge is 0.226 e. The molecule has 0 fully saturated rings. The van der Waals surface area contributed by atoms with Crippen molar-refractivity contribution in [3.8, 4) is 0 Å². The number of benzene rings is 3. The van der Waals surface area contributed by atoms with E-state index in [1.165, 1.54) is 0 Å². The zero-order valence-corrected chi connectivity index (χ0v) is 17.5. The number of carbonyl (C=O) groups is 2. The average Bonchev–Trinajstić information content (AvgIpc) is 2.79. The van der Waals surface area contributed by atoms with E-state index in [9.17, 15) is 9.59 Å². The van der Waals surface area contributed by atoms with E-state index in [-0.39, 0.29) is 24.0 Å². The minimum absolute atomic E-state index is 0.0239. The highest BCUT2D eigenvalue weighted by Gasteiger charge is 2.23. The van der Waals surface area contributed by atoms with Crippen LogP contribution >= 0.6 is 0 Å². The van der Waals surface area contributed by atoms with Crippen molar-refractivity contribution in [2.45, 2.75) is 39.3 Å². The van der Waals surface area contributed by atoms with Crippen LogP contribution in [0.1, 0.15) is 36.5 Å². The van der Waals surface area contributed by atoms with Crippen molar-refractivity contribution in [2.75, 3.05) is 0 Å². The Balaban J connectivity index is 1.62. The molecule has 0 N–H and O–H groups in total. The molecule has 30 heavy (non-hydrogen) atoms. The first-order valence-electron chi connectivity index (χ1n) is 10.5. The Bertz CT molecular complexity index is 881. The van der Waals surface area contributed by atoms with Crippen molar-refractivity contribution in [1.82, 2.24) is 4.90 Å². The quantitative estimate of drug-likeness (QED) is 0.455. The van der Waals surface area contributed by atoms with Gasteiger partial charge >= 0.3 is 0 Å². The molecule has 0 aromatic heterocycles. The first-order valence-corrected chi connectivity index (χ1v) is 10.5. The number of aryl methyl sites for hydroxylation is 1. The Kier molecular flexibility index (Phi) is 7.96. The van der Waals surface area contributed by atoms with Crippen molar-refractivity contribution in [2.24, 2.45) is 5.92 Å². The summed E-state index contributed by atoms with van der Waals surface area (Å²) in [6, 6.07) is 30.0. The molecule has 3 aromatic carbocycles. The van der Waals surface area contributed by atoms with Gasteiger partial charge in [-0.05, 0) is 23.1 Å². The Morgan fingerprint density at radius 1 is 0.700 bits per heavy atom. The molecule has 0 spiro atoms. The molecule has 3 nitrogen and oxygen atoms in total. The number of ketones is 1. The van der Waals surface area contributed by atoms with Crippen LogP contribution in [0.4, 0.5) is 0 Å². The lowest BCUT2D eigenvalue weighted by Gasteiger charge is -2.26. The summed E-state index contributed by atoms with van der Waals surface area (Å²) < 4.78 is 0. The van der Waals surface area contributed by atoms with Crippen molar-refractivity contribution >= 4 is 11.7 Å². The van der Waals surface area contributed by atoms with Crippen LogP contribution in [0.5, 0.6) is 0 Å². The molecule has 3 rings (SSSR count). The number of rotatable bonds is 10. The fourth-order valence-corrected chi connectivity index (χ4v) is 3.59. The van der Waals surface area contributed by atoms with Gasteiger partial charge in [0.1, 0.15) is 5.78 Å². The Labute approximate surface area is 179 Å². The molecule has 154 valence electrons. The second-order valence-electron chi connectivity index (χ2n) is 7.79. The fourth-order valence-electron chi connectivity index (χ4n) is 3.59. The van der Waals surface area contributed by atoms with E-state index < -0.39 is 0 Å². The lowest BCUT2D eigenvalue weighted by atomic mass is 9.98. The predicted octanol–water partition coefficient (Wildman–Crippen LogP) is 5.44. The third kappa shape index (κ3) is 6.70. The molecule has 0 heterocycles. The second kappa shape index (κ2) is 11.1. The predicted molar refractivity (Wildman–Crippen MR) is 121 cm³/mol. The minimum atomic E-state index is -0.333. The highest BCUT2D eigenvalue weighted by Crippen LogP contribution is 2.17. The SMILES string of the molecule is C[C@H](CC(=O)CCc1ccccc1)C(=O)N(Cc1ccccc1)Cc1ccccc1. The van der Waals surface area contributed by atoms with Crippen LogP contribution in [0.25, 0.3) is 0 Å². The molecule has 3 heteroatoms. The maximum Gasteiger partial charge on any atom is 0.226 e. The third-order valence-corrected chi connectivity index (χ3v) is 5.23. The van der Waals surface area contributed by atoms with Crippen molar-refractivity contribution in [3.63, 3.8) is 0 Å². The van der Waals surface area contributed by atoms with Gasteiger partial charge < -0.3 is 4.90 Å². The Morgan fingerprint density at radius 2 is 1.13 bits per heavy atom. The molecule has 0 aliphatic heterocycles. The molecular formula is C27H29NO2. The van der Waals surface area contributed by atoms with Gasteiger partial charge in [0.15, 0.2) is 0 Å². The monoisotopic (exact) mass is 399 g/mol. The van der Waals surface area contributed by atoms with Gasteiger partial charge in [-0.25, -0.2) is 0 Å². The normalized spacial score (nSPS) is 11.6. The largest absolute Gasteiger partial charge is 0.334 e. The number of nitrogens with zero attached hydrogens (tertiary/aromatic N) is 1. The van der Waals surface area contributed by atoms with Gasteiger partial charge in [-0.3, -0.25) is 9.59 Å². The van der Waals surface area contributed by atoms with Crippen molar-refractivity contribution < 1.29 is 9.59 Å². The van der Waals surface area contributed by atoms with Crippen molar-refractivity contribution in [1.29, 1.82) is 0 Å². The molecule has 0 saturated heterocycles. The summed E-state index contributed by atoms with van der Waals surface area (Å²) in [5, 5.41) is 0. The van der Waals surface area contributed by atoms with E-state index in [1.54, 1.807) is 0 Å². The van der Waals surface area contributed by atoms with Crippen LogP contribution in [-0.4, -0.2) is 16.6 Å². The molecule has 0 unspecified atom stereocenters. The van der Waals surface area contributed by atoms with Gasteiger partial charge in [-0.2, -0.15) is 0 Å². The highest BCUT2D eigenvalue weighted by atomic mass is 16.2. The van der Waals surface area contributed by atoms with E-state index in [0.29, 0.717) is 19.5 Å². The van der Waals surface area contributed by atoms with Crippen molar-refractivity contribution in [3.05, 3.63) is 108 Å². The summed E-state index contributed by atoms with van der Waals surface area (Å²) in [7, 11) is 0. The zero-order valence-electron chi connectivity index (χ0n) is 17.5. The Hall–Kier alpha value is -3.20. The molecule has 1 amide bonds. The fraction of sp³-hybridized carbons (Fsp3) is 0.259. The standard InChI is InChI=1S/C27H29NO2/c1-22(19-26(29)18-17-23-11-5-2-6-12-23)27(30)28(20-24-13-7-3-8-14-24)21-25-15-9-4-10-16-25/h2-16,22H,17-21H2,1H3/t22-/m1/s1. The molecule has 0 radical (unpaired) electrons. The summed E-state index contributed by atoms with van der Waals surface area (Å²) in [5.74, 6) is -0.171. The van der Waals surface area contributed by atoms with E-state index in [2.05, 4.69) is 0 Å². The summed E-state index contributed by atoms with van der Waals surface area (Å²) in [5.41, 5.74) is 3.33. The van der Waals surface area contributed by atoms with Gasteiger partial charge in [0, 0.05) is 31.8 Å². The maximum atomic E-state index is 13.2. The number of Topliss-reactive ketones (excluding diaryl/α,β-unsaturated/α-hetero) is 1. The molecule has 0 bridgehead atoms. The van der Waals surface area contributed by atoms with Crippen LogP contribution in [0.15, 0.2) is 91.0 Å². The third-order valence-electron chi connectivity index (χ3n) is 5.23. The van der Waals surface area contributed by atoms with Gasteiger partial charge in [-0.15, -0.1) is 0 Å². The number of amides is 1. The summed E-state index contributed by atoms with van der Waals surface area (Å²) in [6.07, 6.45) is 1.48. The van der Waals surface area contributed by atoms with Crippen LogP contribution in [0, 0.1) is 5.92 Å². The van der Waals surface area contributed by atoms with Crippen LogP contribution in [-0.2, 0) is 29.1 Å². The molecule has 1 atom stereocenters. The molecule has 0 aliphatic rings. The molecule has 0 saturated carbocycles. The maximum absolute atomic E-state index is 13.2. The number of hydrogen-bond acceptors (Lipinski definition) is 2. The summed E-state index contributed by atoms with van der Waals surface area (Å²) in [4.78, 5) is 27.6. The first-order chi connectivity index (χ1) is 14.6. The van der Waals surface area contributed by atoms with Crippen LogP contribution < -0.4 is 0 Å². The molecule has 3 aromatic rings. The highest BCUT2D eigenvalue weighted by molar-refractivity contribution is 5.86. The summed E-state index contributed by atoms with van der Waals surface area (Å²) in [6.45, 7) is 2.94. The van der Waals surface area contributed by atoms with Gasteiger partial charge in [0.2, 0.25) is 5.91 Å². The average molecular weight is 400 g/mol. The number of hydrogen-bond donors (Lipinski definition) is 0. The van der Waals surface area contributed by atoms with E-state index in [1.807, 2.05) is 103 Å². The van der Waals surface area contributed by atoms with Crippen LogP contribution in [0.3, 0.4) is 0 Å². The van der Waals surface area contributed by atoms with E-state index in [0.717, 1.165) is 23.1 Å². The first kappa shape index (κ1) is 21.5. The minimum Gasteiger partial charge on any atom is -0.334 e. The molecular weight excluding hydrogens is 370 g/mol. The number of carbonyl (C=O) groups excluding carboxylic acids is 2. The second-order valence-corrected chi connectivity index (χ2v) is 7.79. The van der Waals surface area contributed by atoms with Gasteiger partial charge in [-0.1, -0.05) is 97.9 Å². The Morgan fingerprint density at radius 3 is 1.60 bits per heavy atom. The van der Waals surface area contributed by atoms with E-state index in [4.69, 9.17) is 0 Å². The van der Waals surface area contributed by atoms with E-state index >= 15 is 0 Å².